The minimum atomic E-state index is -0.793. The Morgan fingerprint density at radius 3 is 1.35 bits per heavy atom. The molecule has 230 valence electrons. The summed E-state index contributed by atoms with van der Waals surface area (Å²) < 4.78 is 34.6. The van der Waals surface area contributed by atoms with Crippen LogP contribution in [0, 0.1) is 0 Å². The van der Waals surface area contributed by atoms with Gasteiger partial charge in [0.25, 0.3) is 0 Å². The van der Waals surface area contributed by atoms with Crippen LogP contribution >= 0.6 is 0 Å². The smallest absolute Gasteiger partial charge is 0.341 e. The molecule has 0 aliphatic rings. The van der Waals surface area contributed by atoms with Gasteiger partial charge in [-0.15, -0.1) is 0 Å². The van der Waals surface area contributed by atoms with E-state index in [2.05, 4.69) is 13.8 Å². The van der Waals surface area contributed by atoms with Crippen LogP contribution in [0.1, 0.15) is 139 Å². The molecule has 0 bridgehead atoms. The Labute approximate surface area is 242 Å². The molecule has 0 fully saturated rings. The van der Waals surface area contributed by atoms with Crippen LogP contribution in [0.2, 0.25) is 0 Å². The van der Waals surface area contributed by atoms with Crippen molar-refractivity contribution in [2.24, 2.45) is 0 Å². The number of hydrogen-bond acceptors (Lipinski definition) is 8. The van der Waals surface area contributed by atoms with Gasteiger partial charge in [-0.3, -0.25) is 0 Å². The zero-order chi connectivity index (χ0) is 29.6. The van der Waals surface area contributed by atoms with Gasteiger partial charge in [0.05, 0.1) is 11.1 Å². The zero-order valence-corrected chi connectivity index (χ0v) is 25.8. The molecule has 1 rings (SSSR count). The van der Waals surface area contributed by atoms with Gasteiger partial charge in [0.15, 0.2) is 12.6 Å². The molecular weight excluding hydrogens is 512 g/mol. The third-order valence-electron chi connectivity index (χ3n) is 6.28. The molecule has 8 nitrogen and oxygen atoms in total. The Hall–Kier alpha value is -2.00. The van der Waals surface area contributed by atoms with E-state index >= 15 is 0 Å². The molecule has 0 aliphatic heterocycles. The van der Waals surface area contributed by atoms with Crippen LogP contribution in [-0.4, -0.2) is 50.3 Å². The van der Waals surface area contributed by atoms with Gasteiger partial charge < -0.3 is 28.4 Å². The van der Waals surface area contributed by atoms with Gasteiger partial charge in [-0.1, -0.05) is 91.2 Å². The summed E-state index contributed by atoms with van der Waals surface area (Å²) in [5, 5.41) is 0. The quantitative estimate of drug-likeness (QED) is 0.0703. The minimum Gasteiger partial charge on any atom is -0.432 e. The van der Waals surface area contributed by atoms with Crippen LogP contribution < -0.4 is 0 Å². The van der Waals surface area contributed by atoms with Gasteiger partial charge >= 0.3 is 11.9 Å². The summed E-state index contributed by atoms with van der Waals surface area (Å²) in [6.07, 6.45) is 8.70. The lowest BCUT2D eigenvalue weighted by atomic mass is 10.1. The number of ether oxygens (including phenoxy) is 6. The first-order valence-electron chi connectivity index (χ1n) is 15.4. The topological polar surface area (TPSA) is 89.5 Å². The maximum absolute atomic E-state index is 13.1. The number of rotatable bonds is 24. The Bertz CT molecular complexity index is 734. The summed E-state index contributed by atoms with van der Waals surface area (Å²) in [5.74, 6) is -1.31. The van der Waals surface area contributed by atoms with Crippen molar-refractivity contribution in [2.75, 3.05) is 13.2 Å². The zero-order valence-electron chi connectivity index (χ0n) is 25.8. The number of carbonyl (C=O) groups is 2. The molecule has 1 aromatic rings. The summed E-state index contributed by atoms with van der Waals surface area (Å²) >= 11 is 0. The number of benzene rings is 1. The average molecular weight is 567 g/mol. The van der Waals surface area contributed by atoms with Crippen molar-refractivity contribution in [1.82, 2.24) is 0 Å². The molecule has 0 saturated heterocycles. The number of unbranched alkanes of at least 4 members (excludes halogenated alkanes) is 6. The molecule has 0 aliphatic carbocycles. The highest BCUT2D eigenvalue weighted by Crippen LogP contribution is 2.19. The lowest BCUT2D eigenvalue weighted by Gasteiger charge is -2.24. The first kappa shape index (κ1) is 36.0. The fourth-order valence-electron chi connectivity index (χ4n) is 4.05. The highest BCUT2D eigenvalue weighted by atomic mass is 16.8. The monoisotopic (exact) mass is 566 g/mol. The molecule has 0 radical (unpaired) electrons. The third kappa shape index (κ3) is 15.7. The molecule has 40 heavy (non-hydrogen) atoms. The van der Waals surface area contributed by atoms with E-state index in [1.165, 1.54) is 12.8 Å². The molecule has 4 unspecified atom stereocenters. The predicted molar refractivity (Wildman–Crippen MR) is 156 cm³/mol. The normalized spacial score (nSPS) is 14.3. The molecule has 8 heteroatoms. The minimum absolute atomic E-state index is 0.112. The van der Waals surface area contributed by atoms with Gasteiger partial charge in [0, 0.05) is 26.1 Å². The first-order chi connectivity index (χ1) is 19.4. The van der Waals surface area contributed by atoms with Crippen molar-refractivity contribution in [3.63, 3.8) is 0 Å². The molecule has 0 aromatic heterocycles. The van der Waals surface area contributed by atoms with E-state index in [1.807, 2.05) is 13.8 Å². The average Bonchev–Trinajstić information content (AvgIpc) is 2.93. The highest BCUT2D eigenvalue weighted by Gasteiger charge is 2.26. The van der Waals surface area contributed by atoms with Crippen LogP contribution in [0.5, 0.6) is 0 Å². The van der Waals surface area contributed by atoms with Gasteiger partial charge in [0.1, 0.15) is 0 Å². The van der Waals surface area contributed by atoms with Crippen molar-refractivity contribution in [2.45, 2.75) is 144 Å². The lowest BCUT2D eigenvalue weighted by molar-refractivity contribution is -0.223. The Morgan fingerprint density at radius 1 is 0.600 bits per heavy atom. The fraction of sp³-hybridized carbons (Fsp3) is 0.750. The molecule has 4 atom stereocenters. The maximum atomic E-state index is 13.1. The van der Waals surface area contributed by atoms with Crippen molar-refractivity contribution in [3.05, 3.63) is 35.4 Å². The van der Waals surface area contributed by atoms with Crippen molar-refractivity contribution in [3.8, 4) is 0 Å². The van der Waals surface area contributed by atoms with E-state index in [-0.39, 0.29) is 11.1 Å². The molecule has 1 aromatic carbocycles. The Morgan fingerprint density at radius 2 is 1.00 bits per heavy atom. The van der Waals surface area contributed by atoms with E-state index < -0.39 is 37.1 Å². The van der Waals surface area contributed by atoms with Gasteiger partial charge in [-0.05, 0) is 38.8 Å². The third-order valence-corrected chi connectivity index (χ3v) is 6.28. The molecule has 0 amide bonds. The van der Waals surface area contributed by atoms with Crippen LogP contribution in [-0.2, 0) is 28.4 Å². The molecule has 0 spiro atoms. The van der Waals surface area contributed by atoms with Gasteiger partial charge in [0.2, 0.25) is 12.6 Å². The maximum Gasteiger partial charge on any atom is 0.341 e. The fourth-order valence-corrected chi connectivity index (χ4v) is 4.05. The second-order valence-corrected chi connectivity index (χ2v) is 10.1. The number of esters is 2. The van der Waals surface area contributed by atoms with E-state index in [4.69, 9.17) is 28.4 Å². The van der Waals surface area contributed by atoms with Gasteiger partial charge in [-0.25, -0.2) is 9.59 Å². The summed E-state index contributed by atoms with van der Waals surface area (Å²) in [4.78, 5) is 26.3. The standard InChI is InChI=1S/C32H54O8/c1-7-11-13-17-23-35-25(5)37-29(19-9-3)39-31(33)27-21-15-16-22-28(27)32(34)40-30(20-10-4)38-26(6)36-24-18-14-12-8-2/h15-16,21-22,25-26,29-30H,7-14,17-20,23-24H2,1-6H3. The van der Waals surface area contributed by atoms with E-state index in [1.54, 1.807) is 38.1 Å². The number of hydrogen-bond donors (Lipinski definition) is 0. The van der Waals surface area contributed by atoms with E-state index in [9.17, 15) is 9.59 Å². The highest BCUT2D eigenvalue weighted by molar-refractivity contribution is 6.03. The Kier molecular flexibility index (Phi) is 20.4. The van der Waals surface area contributed by atoms with Crippen molar-refractivity contribution < 1.29 is 38.0 Å². The second-order valence-electron chi connectivity index (χ2n) is 10.1. The number of carbonyl (C=O) groups excluding carboxylic acids is 2. The van der Waals surface area contributed by atoms with E-state index in [0.717, 1.165) is 51.4 Å². The van der Waals surface area contributed by atoms with Crippen LogP contribution in [0.15, 0.2) is 24.3 Å². The summed E-state index contributed by atoms with van der Waals surface area (Å²) in [5.41, 5.74) is 0.224. The van der Waals surface area contributed by atoms with Crippen LogP contribution in [0.3, 0.4) is 0 Å². The first-order valence-corrected chi connectivity index (χ1v) is 15.4. The predicted octanol–water partition coefficient (Wildman–Crippen LogP) is 8.17. The molecular formula is C32H54O8. The molecule has 0 saturated carbocycles. The van der Waals surface area contributed by atoms with Crippen molar-refractivity contribution >= 4 is 11.9 Å². The molecule has 0 N–H and O–H groups in total. The van der Waals surface area contributed by atoms with Crippen LogP contribution in [0.25, 0.3) is 0 Å². The SMILES string of the molecule is CCCCCCOC(C)OC(CCC)OC(=O)c1ccccc1C(=O)OC(CCC)OC(C)OCCCCCC. The molecule has 0 heterocycles. The lowest BCUT2D eigenvalue weighted by Crippen LogP contribution is -2.29. The second kappa shape index (κ2) is 22.7. The Balaban J connectivity index is 2.76. The van der Waals surface area contributed by atoms with Crippen LogP contribution in [0.4, 0.5) is 0 Å². The summed E-state index contributed by atoms with van der Waals surface area (Å²) in [7, 11) is 0. The summed E-state index contributed by atoms with van der Waals surface area (Å²) in [6.45, 7) is 13.1. The largest absolute Gasteiger partial charge is 0.432 e. The van der Waals surface area contributed by atoms with Gasteiger partial charge in [-0.2, -0.15) is 0 Å². The van der Waals surface area contributed by atoms with E-state index in [0.29, 0.717) is 26.1 Å². The summed E-state index contributed by atoms with van der Waals surface area (Å²) in [6, 6.07) is 6.46. The van der Waals surface area contributed by atoms with Crippen molar-refractivity contribution in [1.29, 1.82) is 0 Å².